The zero-order valence-corrected chi connectivity index (χ0v) is 14.6. The van der Waals surface area contributed by atoms with Gasteiger partial charge in [-0.1, -0.05) is 13.0 Å². The molecule has 0 atom stereocenters. The Hall–Kier alpha value is -0.620. The zero-order chi connectivity index (χ0) is 15.3. The van der Waals surface area contributed by atoms with Gasteiger partial charge in [0.1, 0.15) is 5.75 Å². The van der Waals surface area contributed by atoms with Crippen LogP contribution in [-0.2, 0) is 16.0 Å². The molecule has 0 amide bonds. The molecule has 120 valence electrons. The van der Waals surface area contributed by atoms with Crippen LogP contribution in [0.15, 0.2) is 22.7 Å². The molecule has 0 fully saturated rings. The lowest BCUT2D eigenvalue weighted by atomic mass is 10.2. The number of nitrogens with one attached hydrogen (secondary N) is 1. The van der Waals surface area contributed by atoms with E-state index < -0.39 is 0 Å². The van der Waals surface area contributed by atoms with E-state index in [2.05, 4.69) is 40.3 Å². The van der Waals surface area contributed by atoms with Gasteiger partial charge in [0.15, 0.2) is 0 Å². The second-order valence-corrected chi connectivity index (χ2v) is 5.60. The number of hydrogen-bond acceptors (Lipinski definition) is 4. The SMILES string of the molecule is CCCNCc1ccc(OCCCOCCOC)c(Br)c1. The van der Waals surface area contributed by atoms with E-state index >= 15 is 0 Å². The standard InChI is InChI=1S/C16H26BrNO3/c1-3-7-18-13-14-5-6-16(15(17)12-14)21-9-4-8-20-11-10-19-2/h5-6,12,18H,3-4,7-11,13H2,1-2H3. The third-order valence-electron chi connectivity index (χ3n) is 2.87. The smallest absolute Gasteiger partial charge is 0.133 e. The first-order valence-electron chi connectivity index (χ1n) is 7.46. The second-order valence-electron chi connectivity index (χ2n) is 4.75. The van der Waals surface area contributed by atoms with Crippen LogP contribution >= 0.6 is 15.9 Å². The van der Waals surface area contributed by atoms with Crippen molar-refractivity contribution in [1.29, 1.82) is 0 Å². The van der Waals surface area contributed by atoms with Crippen molar-refractivity contribution in [3.63, 3.8) is 0 Å². The average molecular weight is 360 g/mol. The van der Waals surface area contributed by atoms with E-state index in [1.165, 1.54) is 5.56 Å². The van der Waals surface area contributed by atoms with Gasteiger partial charge >= 0.3 is 0 Å². The first-order valence-corrected chi connectivity index (χ1v) is 8.25. The van der Waals surface area contributed by atoms with Gasteiger partial charge in [0, 0.05) is 26.7 Å². The zero-order valence-electron chi connectivity index (χ0n) is 13.0. The summed E-state index contributed by atoms with van der Waals surface area (Å²) in [5, 5.41) is 3.39. The summed E-state index contributed by atoms with van der Waals surface area (Å²) in [4.78, 5) is 0. The molecule has 0 bridgehead atoms. The fourth-order valence-electron chi connectivity index (χ4n) is 1.77. The molecule has 0 radical (unpaired) electrons. The summed E-state index contributed by atoms with van der Waals surface area (Å²) in [5.41, 5.74) is 1.26. The van der Waals surface area contributed by atoms with Crippen molar-refractivity contribution in [2.45, 2.75) is 26.3 Å². The van der Waals surface area contributed by atoms with E-state index in [1.54, 1.807) is 7.11 Å². The molecule has 0 aromatic heterocycles. The van der Waals surface area contributed by atoms with Crippen molar-refractivity contribution in [3.05, 3.63) is 28.2 Å². The Morgan fingerprint density at radius 2 is 2.00 bits per heavy atom. The maximum absolute atomic E-state index is 5.75. The van der Waals surface area contributed by atoms with Crippen LogP contribution in [0.4, 0.5) is 0 Å². The maximum atomic E-state index is 5.75. The summed E-state index contributed by atoms with van der Waals surface area (Å²) in [5.74, 6) is 0.881. The molecule has 5 heteroatoms. The Morgan fingerprint density at radius 3 is 2.71 bits per heavy atom. The lowest BCUT2D eigenvalue weighted by molar-refractivity contribution is 0.0644. The number of benzene rings is 1. The van der Waals surface area contributed by atoms with Crippen molar-refractivity contribution in [2.24, 2.45) is 0 Å². The molecule has 1 aromatic carbocycles. The quantitative estimate of drug-likeness (QED) is 0.580. The molecule has 1 N–H and O–H groups in total. The van der Waals surface area contributed by atoms with E-state index in [-0.39, 0.29) is 0 Å². The molecule has 1 rings (SSSR count). The fourth-order valence-corrected chi connectivity index (χ4v) is 2.31. The molecule has 0 aliphatic heterocycles. The Balaban J connectivity index is 2.22. The third kappa shape index (κ3) is 8.41. The van der Waals surface area contributed by atoms with Gasteiger partial charge in [-0.05, 0) is 46.6 Å². The maximum Gasteiger partial charge on any atom is 0.133 e. The van der Waals surface area contributed by atoms with Crippen LogP contribution in [-0.4, -0.2) is 40.1 Å². The minimum Gasteiger partial charge on any atom is -0.492 e. The molecule has 0 aliphatic carbocycles. The van der Waals surface area contributed by atoms with E-state index in [0.29, 0.717) is 26.4 Å². The molecule has 0 saturated carbocycles. The van der Waals surface area contributed by atoms with Gasteiger partial charge in [0.25, 0.3) is 0 Å². The number of ether oxygens (including phenoxy) is 3. The van der Waals surface area contributed by atoms with Crippen molar-refractivity contribution in [3.8, 4) is 5.75 Å². The summed E-state index contributed by atoms with van der Waals surface area (Å²) >= 11 is 3.56. The molecular weight excluding hydrogens is 334 g/mol. The summed E-state index contributed by atoms with van der Waals surface area (Å²) in [6.07, 6.45) is 2.02. The summed E-state index contributed by atoms with van der Waals surface area (Å²) in [7, 11) is 1.67. The highest BCUT2D eigenvalue weighted by Gasteiger charge is 2.02. The van der Waals surface area contributed by atoms with E-state index in [0.717, 1.165) is 36.2 Å². The van der Waals surface area contributed by atoms with Crippen LogP contribution in [0.25, 0.3) is 0 Å². The molecule has 0 saturated heterocycles. The van der Waals surface area contributed by atoms with Crippen LogP contribution in [0.5, 0.6) is 5.75 Å². The third-order valence-corrected chi connectivity index (χ3v) is 3.49. The molecule has 0 unspecified atom stereocenters. The van der Waals surface area contributed by atoms with Gasteiger partial charge in [0.05, 0.1) is 24.3 Å². The lowest BCUT2D eigenvalue weighted by Gasteiger charge is -2.10. The first kappa shape index (κ1) is 18.4. The molecule has 4 nitrogen and oxygen atoms in total. The van der Waals surface area contributed by atoms with Crippen LogP contribution in [0.1, 0.15) is 25.3 Å². The van der Waals surface area contributed by atoms with Gasteiger partial charge in [-0.3, -0.25) is 0 Å². The minimum absolute atomic E-state index is 0.639. The van der Waals surface area contributed by atoms with Crippen LogP contribution < -0.4 is 10.1 Å². The van der Waals surface area contributed by atoms with Crippen molar-refractivity contribution >= 4 is 15.9 Å². The van der Waals surface area contributed by atoms with Crippen LogP contribution in [0, 0.1) is 0 Å². The highest BCUT2D eigenvalue weighted by Crippen LogP contribution is 2.26. The van der Waals surface area contributed by atoms with Crippen LogP contribution in [0.3, 0.4) is 0 Å². The first-order chi connectivity index (χ1) is 10.3. The van der Waals surface area contributed by atoms with Crippen molar-refractivity contribution in [1.82, 2.24) is 5.32 Å². The van der Waals surface area contributed by atoms with Crippen molar-refractivity contribution in [2.75, 3.05) is 40.1 Å². The normalized spacial score (nSPS) is 10.8. The van der Waals surface area contributed by atoms with Crippen LogP contribution in [0.2, 0.25) is 0 Å². The van der Waals surface area contributed by atoms with Crippen molar-refractivity contribution < 1.29 is 14.2 Å². The fraction of sp³-hybridized carbons (Fsp3) is 0.625. The molecule has 1 aromatic rings. The largest absolute Gasteiger partial charge is 0.492 e. The number of methoxy groups -OCH3 is 1. The average Bonchev–Trinajstić information content (AvgIpc) is 2.48. The molecule has 21 heavy (non-hydrogen) atoms. The number of rotatable bonds is 12. The van der Waals surface area contributed by atoms with Gasteiger partial charge in [-0.15, -0.1) is 0 Å². The van der Waals surface area contributed by atoms with Gasteiger partial charge in [0.2, 0.25) is 0 Å². The molecule has 0 aliphatic rings. The summed E-state index contributed by atoms with van der Waals surface area (Å²) in [6, 6.07) is 6.21. The molecule has 0 spiro atoms. The van der Waals surface area contributed by atoms with E-state index in [4.69, 9.17) is 14.2 Å². The van der Waals surface area contributed by atoms with E-state index in [1.807, 2.05) is 6.07 Å². The number of hydrogen-bond donors (Lipinski definition) is 1. The summed E-state index contributed by atoms with van der Waals surface area (Å²) in [6.45, 7) is 6.72. The monoisotopic (exact) mass is 359 g/mol. The Morgan fingerprint density at radius 1 is 1.14 bits per heavy atom. The Labute approximate surface area is 136 Å². The predicted octanol–water partition coefficient (Wildman–Crippen LogP) is 3.38. The van der Waals surface area contributed by atoms with Gasteiger partial charge in [-0.25, -0.2) is 0 Å². The second kappa shape index (κ2) is 12.0. The summed E-state index contributed by atoms with van der Waals surface area (Å²) < 4.78 is 17.0. The highest BCUT2D eigenvalue weighted by molar-refractivity contribution is 9.10. The van der Waals surface area contributed by atoms with Gasteiger partial charge in [-0.2, -0.15) is 0 Å². The highest BCUT2D eigenvalue weighted by atomic mass is 79.9. The van der Waals surface area contributed by atoms with Gasteiger partial charge < -0.3 is 19.5 Å². The molecule has 0 heterocycles. The lowest BCUT2D eigenvalue weighted by Crippen LogP contribution is -2.13. The predicted molar refractivity (Wildman–Crippen MR) is 88.9 cm³/mol. The Kier molecular flexibility index (Phi) is 10.5. The number of halogens is 1. The van der Waals surface area contributed by atoms with E-state index in [9.17, 15) is 0 Å². The minimum atomic E-state index is 0.639. The topological polar surface area (TPSA) is 39.7 Å². The molecular formula is C16H26BrNO3. The Bertz CT molecular complexity index is 388.